The fourth-order valence-corrected chi connectivity index (χ4v) is 6.39. The molecule has 0 radical (unpaired) electrons. The van der Waals surface area contributed by atoms with Gasteiger partial charge in [0.2, 0.25) is 5.91 Å². The second-order valence-electron chi connectivity index (χ2n) is 15.2. The molecule has 3 aromatic carbocycles. The van der Waals surface area contributed by atoms with Crippen molar-refractivity contribution < 1.29 is 18.4 Å². The van der Waals surface area contributed by atoms with Crippen molar-refractivity contribution >= 4 is 11.8 Å². The molecule has 0 aromatic heterocycles. The summed E-state index contributed by atoms with van der Waals surface area (Å²) in [5, 5.41) is 3.20. The van der Waals surface area contributed by atoms with Crippen molar-refractivity contribution in [2.75, 3.05) is 13.1 Å². The summed E-state index contributed by atoms with van der Waals surface area (Å²) in [6.07, 6.45) is 5.27. The Morgan fingerprint density at radius 1 is 0.800 bits per heavy atom. The van der Waals surface area contributed by atoms with Crippen molar-refractivity contribution in [1.29, 1.82) is 0 Å². The van der Waals surface area contributed by atoms with Crippen molar-refractivity contribution in [2.24, 2.45) is 10.8 Å². The molecule has 1 heterocycles. The van der Waals surface area contributed by atoms with Crippen LogP contribution in [0, 0.1) is 22.5 Å². The zero-order valence-corrected chi connectivity index (χ0v) is 27.9. The van der Waals surface area contributed by atoms with E-state index in [-0.39, 0.29) is 46.2 Å². The van der Waals surface area contributed by atoms with Gasteiger partial charge in [-0.15, -0.1) is 0 Å². The molecule has 4 nitrogen and oxygen atoms in total. The standard InChI is InChI=1S/C39H50F2N2O2/c1-38(2,3)24-27-21-28(25-39(4,5)6)23-31(22-27)37(45)42-34-19-20-43(26-34)36(44)10-8-7-9-35(29-11-15-32(40)16-12-29)30-13-17-33(41)18-14-30/h11-18,21-23,34-35H,7-10,19-20,24-26H2,1-6H3,(H,42,45). The SMILES string of the molecule is CC(C)(C)Cc1cc(CC(C)(C)C)cc(C(=O)NC2CCN(C(=O)CCCCC(c3ccc(F)cc3)c3ccc(F)cc3)C2)c1. The van der Waals surface area contributed by atoms with E-state index < -0.39 is 0 Å². The number of carbonyl (C=O) groups excluding carboxylic acids is 2. The summed E-state index contributed by atoms with van der Waals surface area (Å²) in [6.45, 7) is 14.4. The normalized spacial score (nSPS) is 15.5. The molecular weight excluding hydrogens is 566 g/mol. The van der Waals surface area contributed by atoms with Gasteiger partial charge in [0.25, 0.3) is 5.91 Å². The van der Waals surface area contributed by atoms with E-state index in [2.05, 4.69) is 52.9 Å². The van der Waals surface area contributed by atoms with Crippen LogP contribution in [-0.4, -0.2) is 35.8 Å². The van der Waals surface area contributed by atoms with Gasteiger partial charge in [0.1, 0.15) is 11.6 Å². The van der Waals surface area contributed by atoms with Gasteiger partial charge < -0.3 is 10.2 Å². The third-order valence-corrected chi connectivity index (χ3v) is 8.34. The Labute approximate surface area is 268 Å². The van der Waals surface area contributed by atoms with Crippen LogP contribution < -0.4 is 5.32 Å². The Morgan fingerprint density at radius 2 is 1.31 bits per heavy atom. The second kappa shape index (κ2) is 14.7. The number of hydrogen-bond donors (Lipinski definition) is 1. The number of amides is 2. The monoisotopic (exact) mass is 616 g/mol. The Kier molecular flexibility index (Phi) is 11.2. The maximum Gasteiger partial charge on any atom is 0.251 e. The van der Waals surface area contributed by atoms with Gasteiger partial charge in [-0.2, -0.15) is 0 Å². The summed E-state index contributed by atoms with van der Waals surface area (Å²) >= 11 is 0. The molecule has 0 saturated carbocycles. The van der Waals surface area contributed by atoms with Crippen LogP contribution in [0.3, 0.4) is 0 Å². The highest BCUT2D eigenvalue weighted by atomic mass is 19.1. The summed E-state index contributed by atoms with van der Waals surface area (Å²) in [5.41, 5.74) is 5.23. The molecule has 242 valence electrons. The molecule has 1 aliphatic rings. The molecule has 1 saturated heterocycles. The molecule has 1 aliphatic heterocycles. The van der Waals surface area contributed by atoms with Crippen molar-refractivity contribution in [1.82, 2.24) is 10.2 Å². The summed E-state index contributed by atoms with van der Waals surface area (Å²) in [5.74, 6) is -0.554. The van der Waals surface area contributed by atoms with Crippen LogP contribution in [0.2, 0.25) is 0 Å². The Hall–Kier alpha value is -3.54. The molecule has 3 aromatic rings. The molecule has 0 bridgehead atoms. The smallest absolute Gasteiger partial charge is 0.251 e. The lowest BCUT2D eigenvalue weighted by Crippen LogP contribution is -2.38. The van der Waals surface area contributed by atoms with Crippen LogP contribution in [0.5, 0.6) is 0 Å². The third kappa shape index (κ3) is 10.8. The number of nitrogens with one attached hydrogen (secondary N) is 1. The van der Waals surface area contributed by atoms with E-state index >= 15 is 0 Å². The summed E-state index contributed by atoms with van der Waals surface area (Å²) in [4.78, 5) is 28.4. The molecule has 45 heavy (non-hydrogen) atoms. The first-order chi connectivity index (χ1) is 21.1. The maximum atomic E-state index is 13.6. The first-order valence-corrected chi connectivity index (χ1v) is 16.4. The molecule has 0 aliphatic carbocycles. The largest absolute Gasteiger partial charge is 0.347 e. The number of unbranched alkanes of at least 4 members (excludes halogenated alkanes) is 1. The third-order valence-electron chi connectivity index (χ3n) is 8.34. The molecule has 2 amide bonds. The zero-order valence-electron chi connectivity index (χ0n) is 27.9. The van der Waals surface area contributed by atoms with Crippen molar-refractivity contribution in [3.05, 3.63) is 106 Å². The quantitative estimate of drug-likeness (QED) is 0.219. The maximum absolute atomic E-state index is 13.6. The topological polar surface area (TPSA) is 49.4 Å². The minimum atomic E-state index is -0.290. The Bertz CT molecular complexity index is 1360. The van der Waals surface area contributed by atoms with E-state index in [0.717, 1.165) is 49.7 Å². The number of rotatable bonds is 11. The highest BCUT2D eigenvalue weighted by Gasteiger charge is 2.28. The average Bonchev–Trinajstić information content (AvgIpc) is 3.41. The van der Waals surface area contributed by atoms with Crippen molar-refractivity contribution in [3.8, 4) is 0 Å². The van der Waals surface area contributed by atoms with Crippen LogP contribution in [0.25, 0.3) is 0 Å². The predicted molar refractivity (Wildman–Crippen MR) is 178 cm³/mol. The van der Waals surface area contributed by atoms with Gasteiger partial charge in [0, 0.05) is 37.0 Å². The van der Waals surface area contributed by atoms with Crippen molar-refractivity contribution in [3.63, 3.8) is 0 Å². The highest BCUT2D eigenvalue weighted by molar-refractivity contribution is 5.95. The molecule has 4 rings (SSSR count). The number of benzene rings is 3. The average molecular weight is 617 g/mol. The number of carbonyl (C=O) groups is 2. The number of likely N-dealkylation sites (tertiary alicyclic amines) is 1. The number of halogens is 2. The minimum Gasteiger partial charge on any atom is -0.347 e. The molecular formula is C39H50F2N2O2. The van der Waals surface area contributed by atoms with Gasteiger partial charge in [-0.1, -0.05) is 78.3 Å². The first kappa shape index (κ1) is 34.3. The number of hydrogen-bond acceptors (Lipinski definition) is 2. The van der Waals surface area contributed by atoms with Crippen LogP contribution >= 0.6 is 0 Å². The molecule has 6 heteroatoms. The van der Waals surface area contributed by atoms with Gasteiger partial charge in [-0.3, -0.25) is 9.59 Å². The van der Waals surface area contributed by atoms with Gasteiger partial charge in [-0.25, -0.2) is 8.78 Å². The van der Waals surface area contributed by atoms with Gasteiger partial charge in [0.05, 0.1) is 0 Å². The fourth-order valence-electron chi connectivity index (χ4n) is 6.39. The zero-order chi connectivity index (χ0) is 32.8. The van der Waals surface area contributed by atoms with Crippen molar-refractivity contribution in [2.45, 2.75) is 98.4 Å². The summed E-state index contributed by atoms with van der Waals surface area (Å²) < 4.78 is 27.1. The van der Waals surface area contributed by atoms with E-state index in [1.807, 2.05) is 17.0 Å². The lowest BCUT2D eigenvalue weighted by Gasteiger charge is -2.23. The molecule has 1 N–H and O–H groups in total. The lowest BCUT2D eigenvalue weighted by molar-refractivity contribution is -0.130. The van der Waals surface area contributed by atoms with Gasteiger partial charge in [-0.05, 0) is 102 Å². The predicted octanol–water partition coefficient (Wildman–Crippen LogP) is 8.87. The number of nitrogens with zero attached hydrogens (tertiary/aromatic N) is 1. The fraction of sp³-hybridized carbons (Fsp3) is 0.487. The lowest BCUT2D eigenvalue weighted by atomic mass is 9.83. The summed E-state index contributed by atoms with van der Waals surface area (Å²) in [7, 11) is 0. The Balaban J connectivity index is 1.30. The van der Waals surface area contributed by atoms with Crippen LogP contribution in [0.4, 0.5) is 8.78 Å². The molecule has 0 spiro atoms. The minimum absolute atomic E-state index is 0.00139. The Morgan fingerprint density at radius 3 is 1.80 bits per heavy atom. The van der Waals surface area contributed by atoms with E-state index in [1.165, 1.54) is 35.4 Å². The highest BCUT2D eigenvalue weighted by Crippen LogP contribution is 2.31. The second-order valence-corrected chi connectivity index (χ2v) is 15.2. The van der Waals surface area contributed by atoms with E-state index in [4.69, 9.17) is 0 Å². The van der Waals surface area contributed by atoms with Crippen LogP contribution in [-0.2, 0) is 17.6 Å². The molecule has 1 fully saturated rings. The molecule has 1 unspecified atom stereocenters. The van der Waals surface area contributed by atoms with E-state index in [0.29, 0.717) is 25.1 Å². The van der Waals surface area contributed by atoms with Crippen LogP contribution in [0.1, 0.15) is 112 Å². The van der Waals surface area contributed by atoms with Crippen LogP contribution in [0.15, 0.2) is 66.7 Å². The van der Waals surface area contributed by atoms with E-state index in [1.54, 1.807) is 24.3 Å². The molecule has 1 atom stereocenters. The first-order valence-electron chi connectivity index (χ1n) is 16.4. The summed E-state index contributed by atoms with van der Waals surface area (Å²) in [6, 6.07) is 19.1. The van der Waals surface area contributed by atoms with Gasteiger partial charge in [0.15, 0.2) is 0 Å². The van der Waals surface area contributed by atoms with E-state index in [9.17, 15) is 18.4 Å². The van der Waals surface area contributed by atoms with Gasteiger partial charge >= 0.3 is 0 Å².